The molecular weight excluding hydrogens is 268 g/mol. The zero-order valence-electron chi connectivity index (χ0n) is 14.5. The highest BCUT2D eigenvalue weighted by molar-refractivity contribution is 5.56. The molecule has 0 spiro atoms. The van der Waals surface area contributed by atoms with Crippen LogP contribution in [-0.4, -0.2) is 13.1 Å². The van der Waals surface area contributed by atoms with Gasteiger partial charge in [-0.3, -0.25) is 0 Å². The lowest BCUT2D eigenvalue weighted by molar-refractivity contribution is 0.591. The van der Waals surface area contributed by atoms with Crippen LogP contribution in [0.15, 0.2) is 42.5 Å². The SMILES string of the molecule is Cc1ccc(NCCNc2ccc(C)cc2C(C)(C)C)cc1. The Morgan fingerprint density at radius 3 is 2.00 bits per heavy atom. The van der Waals surface area contributed by atoms with Crippen LogP contribution in [-0.2, 0) is 5.41 Å². The molecule has 0 bridgehead atoms. The van der Waals surface area contributed by atoms with Crippen molar-refractivity contribution < 1.29 is 0 Å². The lowest BCUT2D eigenvalue weighted by Gasteiger charge is -2.24. The summed E-state index contributed by atoms with van der Waals surface area (Å²) in [6.07, 6.45) is 0. The first-order valence-electron chi connectivity index (χ1n) is 8.02. The molecular formula is C20H28N2. The number of aryl methyl sites for hydroxylation is 2. The van der Waals surface area contributed by atoms with E-state index in [1.165, 1.54) is 28.1 Å². The number of hydrogen-bond donors (Lipinski definition) is 2. The van der Waals surface area contributed by atoms with E-state index in [0.717, 1.165) is 13.1 Å². The lowest BCUT2D eigenvalue weighted by Crippen LogP contribution is -2.18. The van der Waals surface area contributed by atoms with Crippen LogP contribution in [0.4, 0.5) is 11.4 Å². The Hall–Kier alpha value is -1.96. The van der Waals surface area contributed by atoms with Crippen LogP contribution >= 0.6 is 0 Å². The molecule has 2 heteroatoms. The third-order valence-corrected chi connectivity index (χ3v) is 3.80. The van der Waals surface area contributed by atoms with E-state index in [2.05, 4.69) is 87.7 Å². The molecule has 0 aliphatic heterocycles. The number of hydrogen-bond acceptors (Lipinski definition) is 2. The molecule has 0 atom stereocenters. The molecule has 0 saturated carbocycles. The molecule has 0 radical (unpaired) electrons. The molecule has 0 aromatic heterocycles. The quantitative estimate of drug-likeness (QED) is 0.748. The van der Waals surface area contributed by atoms with Gasteiger partial charge in [-0.15, -0.1) is 0 Å². The molecule has 2 aromatic rings. The summed E-state index contributed by atoms with van der Waals surface area (Å²) >= 11 is 0. The Labute approximate surface area is 135 Å². The summed E-state index contributed by atoms with van der Waals surface area (Å²) in [5.41, 5.74) is 6.55. The minimum absolute atomic E-state index is 0.152. The van der Waals surface area contributed by atoms with Crippen LogP contribution in [0.25, 0.3) is 0 Å². The van der Waals surface area contributed by atoms with Crippen LogP contribution in [0.1, 0.15) is 37.5 Å². The first kappa shape index (κ1) is 16.4. The van der Waals surface area contributed by atoms with Gasteiger partial charge < -0.3 is 10.6 Å². The van der Waals surface area contributed by atoms with E-state index in [9.17, 15) is 0 Å². The van der Waals surface area contributed by atoms with Crippen LogP contribution < -0.4 is 10.6 Å². The molecule has 0 saturated heterocycles. The lowest BCUT2D eigenvalue weighted by atomic mass is 9.85. The summed E-state index contributed by atoms with van der Waals surface area (Å²) in [4.78, 5) is 0. The Morgan fingerprint density at radius 1 is 0.773 bits per heavy atom. The number of benzene rings is 2. The van der Waals surface area contributed by atoms with Gasteiger partial charge in [-0.2, -0.15) is 0 Å². The molecule has 22 heavy (non-hydrogen) atoms. The molecule has 0 aliphatic carbocycles. The van der Waals surface area contributed by atoms with Crippen molar-refractivity contribution >= 4 is 11.4 Å². The second kappa shape index (κ2) is 6.87. The van der Waals surface area contributed by atoms with Gasteiger partial charge >= 0.3 is 0 Å². The second-order valence-electron chi connectivity index (χ2n) is 7.02. The zero-order chi connectivity index (χ0) is 16.2. The van der Waals surface area contributed by atoms with Gasteiger partial charge in [0.2, 0.25) is 0 Å². The molecule has 2 nitrogen and oxygen atoms in total. The number of rotatable bonds is 5. The fourth-order valence-corrected chi connectivity index (χ4v) is 2.51. The number of anilines is 2. The Balaban J connectivity index is 1.93. The van der Waals surface area contributed by atoms with E-state index in [0.29, 0.717) is 0 Å². The van der Waals surface area contributed by atoms with Crippen LogP contribution in [0.2, 0.25) is 0 Å². The van der Waals surface area contributed by atoms with E-state index in [4.69, 9.17) is 0 Å². The summed E-state index contributed by atoms with van der Waals surface area (Å²) in [7, 11) is 0. The van der Waals surface area contributed by atoms with E-state index in [1.807, 2.05) is 0 Å². The van der Waals surface area contributed by atoms with Crippen molar-refractivity contribution in [2.75, 3.05) is 23.7 Å². The monoisotopic (exact) mass is 296 g/mol. The van der Waals surface area contributed by atoms with Crippen LogP contribution in [0.3, 0.4) is 0 Å². The second-order valence-corrected chi connectivity index (χ2v) is 7.02. The first-order chi connectivity index (χ1) is 10.4. The van der Waals surface area contributed by atoms with Gasteiger partial charge in [-0.05, 0) is 43.0 Å². The van der Waals surface area contributed by atoms with Crippen molar-refractivity contribution in [1.82, 2.24) is 0 Å². The first-order valence-corrected chi connectivity index (χ1v) is 8.02. The summed E-state index contributed by atoms with van der Waals surface area (Å²) in [6, 6.07) is 15.2. The zero-order valence-corrected chi connectivity index (χ0v) is 14.5. The highest BCUT2D eigenvalue weighted by Gasteiger charge is 2.17. The van der Waals surface area contributed by atoms with Crippen molar-refractivity contribution in [3.8, 4) is 0 Å². The van der Waals surface area contributed by atoms with Crippen molar-refractivity contribution in [2.24, 2.45) is 0 Å². The van der Waals surface area contributed by atoms with Crippen LogP contribution in [0.5, 0.6) is 0 Å². The molecule has 2 N–H and O–H groups in total. The molecule has 0 aliphatic rings. The standard InChI is InChI=1S/C20H28N2/c1-15-6-9-17(10-7-15)21-12-13-22-19-11-8-16(2)14-18(19)20(3,4)5/h6-11,14,21-22H,12-13H2,1-5H3. The summed E-state index contributed by atoms with van der Waals surface area (Å²) in [5.74, 6) is 0. The highest BCUT2D eigenvalue weighted by Crippen LogP contribution is 2.30. The largest absolute Gasteiger partial charge is 0.383 e. The summed E-state index contributed by atoms with van der Waals surface area (Å²) < 4.78 is 0. The third-order valence-electron chi connectivity index (χ3n) is 3.80. The van der Waals surface area contributed by atoms with Crippen molar-refractivity contribution in [1.29, 1.82) is 0 Å². The fourth-order valence-electron chi connectivity index (χ4n) is 2.51. The average molecular weight is 296 g/mol. The van der Waals surface area contributed by atoms with Gasteiger partial charge in [0, 0.05) is 24.5 Å². The number of nitrogens with one attached hydrogen (secondary N) is 2. The topological polar surface area (TPSA) is 24.1 Å². The van der Waals surface area contributed by atoms with E-state index in [-0.39, 0.29) is 5.41 Å². The van der Waals surface area contributed by atoms with Gasteiger partial charge in [-0.25, -0.2) is 0 Å². The molecule has 0 heterocycles. The minimum atomic E-state index is 0.152. The average Bonchev–Trinajstić information content (AvgIpc) is 2.45. The summed E-state index contributed by atoms with van der Waals surface area (Å²) in [6.45, 7) is 12.8. The van der Waals surface area contributed by atoms with Gasteiger partial charge in [0.25, 0.3) is 0 Å². The predicted molar refractivity (Wildman–Crippen MR) is 98.0 cm³/mol. The Kier molecular flexibility index (Phi) is 5.12. The van der Waals surface area contributed by atoms with Crippen molar-refractivity contribution in [2.45, 2.75) is 40.0 Å². The molecule has 2 aromatic carbocycles. The van der Waals surface area contributed by atoms with Gasteiger partial charge in [-0.1, -0.05) is 56.2 Å². The Bertz CT molecular complexity index is 607. The van der Waals surface area contributed by atoms with Gasteiger partial charge in [0.15, 0.2) is 0 Å². The van der Waals surface area contributed by atoms with Gasteiger partial charge in [0.1, 0.15) is 0 Å². The van der Waals surface area contributed by atoms with E-state index < -0.39 is 0 Å². The fraction of sp³-hybridized carbons (Fsp3) is 0.400. The van der Waals surface area contributed by atoms with E-state index in [1.54, 1.807) is 0 Å². The predicted octanol–water partition coefficient (Wildman–Crippen LogP) is 5.12. The highest BCUT2D eigenvalue weighted by atomic mass is 14.9. The molecule has 0 amide bonds. The van der Waals surface area contributed by atoms with Crippen molar-refractivity contribution in [3.63, 3.8) is 0 Å². The summed E-state index contributed by atoms with van der Waals surface area (Å²) in [5, 5.41) is 7.02. The molecule has 0 fully saturated rings. The Morgan fingerprint density at radius 2 is 1.36 bits per heavy atom. The van der Waals surface area contributed by atoms with Crippen molar-refractivity contribution in [3.05, 3.63) is 59.2 Å². The van der Waals surface area contributed by atoms with Gasteiger partial charge in [0.05, 0.1) is 0 Å². The maximum atomic E-state index is 3.57. The maximum Gasteiger partial charge on any atom is 0.0378 e. The smallest absolute Gasteiger partial charge is 0.0378 e. The molecule has 118 valence electrons. The third kappa shape index (κ3) is 4.52. The molecule has 0 unspecified atom stereocenters. The van der Waals surface area contributed by atoms with Crippen LogP contribution in [0, 0.1) is 13.8 Å². The molecule has 2 rings (SSSR count). The normalized spacial score (nSPS) is 11.3. The van der Waals surface area contributed by atoms with E-state index >= 15 is 0 Å². The minimum Gasteiger partial charge on any atom is -0.383 e. The maximum absolute atomic E-state index is 3.57.